The molecule has 146 valence electrons. The minimum absolute atomic E-state index is 0.186. The molecular weight excluding hydrogens is 464 g/mol. The summed E-state index contributed by atoms with van der Waals surface area (Å²) in [6, 6.07) is 24.2. The molecule has 0 aliphatic rings. The third kappa shape index (κ3) is 3.47. The molecule has 0 fully saturated rings. The van der Waals surface area contributed by atoms with Crippen LogP contribution in [0.4, 0.5) is 5.69 Å². The lowest BCUT2D eigenvalue weighted by Crippen LogP contribution is -2.11. The number of nitrogens with zero attached hydrogens (tertiary/aromatic N) is 1. The first-order valence-corrected chi connectivity index (χ1v) is 10.4. The fraction of sp³-hybridized carbons (Fsp3) is 0. The zero-order chi connectivity index (χ0) is 20.7. The molecule has 5 aromatic rings. The molecule has 4 aromatic carbocycles. The summed E-state index contributed by atoms with van der Waals surface area (Å²) in [5, 5.41) is 5.50. The molecule has 0 atom stereocenters. The Bertz CT molecular complexity index is 1410. The molecule has 4 nitrogen and oxygen atoms in total. The fourth-order valence-corrected chi connectivity index (χ4v) is 3.88. The van der Waals surface area contributed by atoms with Crippen LogP contribution in [0.15, 0.2) is 87.8 Å². The summed E-state index contributed by atoms with van der Waals surface area (Å²) in [6.45, 7) is 0. The Kier molecular flexibility index (Phi) is 4.77. The maximum absolute atomic E-state index is 12.5. The zero-order valence-electron chi connectivity index (χ0n) is 15.5. The number of carbonyl (C=O) groups is 1. The maximum Gasteiger partial charge on any atom is 0.255 e. The molecule has 0 radical (unpaired) electrons. The molecule has 0 unspecified atom stereocenters. The molecule has 5 rings (SSSR count). The molecule has 1 N–H and O–H groups in total. The smallest absolute Gasteiger partial charge is 0.255 e. The van der Waals surface area contributed by atoms with Gasteiger partial charge in [0.1, 0.15) is 5.52 Å². The van der Waals surface area contributed by atoms with Gasteiger partial charge in [-0.1, -0.05) is 51.8 Å². The van der Waals surface area contributed by atoms with E-state index in [1.165, 1.54) is 0 Å². The summed E-state index contributed by atoms with van der Waals surface area (Å²) in [5.74, 6) is 0.323. The van der Waals surface area contributed by atoms with Crippen molar-refractivity contribution >= 4 is 61.0 Å². The van der Waals surface area contributed by atoms with Crippen molar-refractivity contribution in [3.8, 4) is 11.5 Å². The van der Waals surface area contributed by atoms with E-state index >= 15 is 0 Å². The highest BCUT2D eigenvalue weighted by Crippen LogP contribution is 2.34. The topological polar surface area (TPSA) is 55.1 Å². The first-order chi connectivity index (χ1) is 14.6. The van der Waals surface area contributed by atoms with E-state index in [0.717, 1.165) is 20.8 Å². The molecule has 0 aliphatic carbocycles. The van der Waals surface area contributed by atoms with Gasteiger partial charge >= 0.3 is 0 Å². The molecule has 0 saturated heterocycles. The minimum atomic E-state index is -0.186. The van der Waals surface area contributed by atoms with Crippen molar-refractivity contribution in [1.82, 2.24) is 4.98 Å². The highest BCUT2D eigenvalue weighted by atomic mass is 79.9. The van der Waals surface area contributed by atoms with Crippen molar-refractivity contribution in [1.29, 1.82) is 0 Å². The number of carbonyl (C=O) groups excluding carboxylic acids is 1. The number of aromatic nitrogens is 1. The molecule has 1 heterocycles. The number of oxazole rings is 1. The van der Waals surface area contributed by atoms with E-state index in [0.29, 0.717) is 33.3 Å². The quantitative estimate of drug-likeness (QED) is 0.296. The second-order valence-electron chi connectivity index (χ2n) is 6.80. The van der Waals surface area contributed by atoms with E-state index in [2.05, 4.69) is 26.2 Å². The standard InChI is InChI=1S/C24H14BrClN2O2/c25-15-9-7-14(8-10-15)23(29)27-16-11-12-22-21(13-16)28-24(30-22)19-5-1-4-18-17(19)3-2-6-20(18)26/h1-13H,(H,27,29). The molecule has 6 heteroatoms. The van der Waals surface area contributed by atoms with Crippen molar-refractivity contribution < 1.29 is 9.21 Å². The first-order valence-electron chi connectivity index (χ1n) is 9.23. The van der Waals surface area contributed by atoms with Gasteiger partial charge in [0.05, 0.1) is 0 Å². The van der Waals surface area contributed by atoms with Gasteiger partial charge in [0, 0.05) is 31.7 Å². The maximum atomic E-state index is 12.5. The number of halogens is 2. The van der Waals surface area contributed by atoms with Gasteiger partial charge in [-0.25, -0.2) is 4.98 Å². The SMILES string of the molecule is O=C(Nc1ccc2oc(-c3cccc4c(Cl)cccc34)nc2c1)c1ccc(Br)cc1. The van der Waals surface area contributed by atoms with Gasteiger partial charge in [-0.3, -0.25) is 4.79 Å². The second kappa shape index (κ2) is 7.59. The van der Waals surface area contributed by atoms with E-state index in [-0.39, 0.29) is 5.91 Å². The summed E-state index contributed by atoms with van der Waals surface area (Å²) >= 11 is 9.70. The summed E-state index contributed by atoms with van der Waals surface area (Å²) < 4.78 is 6.91. The predicted octanol–water partition coefficient (Wildman–Crippen LogP) is 7.32. The average molecular weight is 478 g/mol. The number of amides is 1. The predicted molar refractivity (Wildman–Crippen MR) is 124 cm³/mol. The Morgan fingerprint density at radius 1 is 0.933 bits per heavy atom. The Morgan fingerprint density at radius 2 is 1.70 bits per heavy atom. The van der Waals surface area contributed by atoms with Crippen LogP contribution < -0.4 is 5.32 Å². The number of anilines is 1. The molecule has 0 saturated carbocycles. The normalized spacial score (nSPS) is 11.1. The third-order valence-corrected chi connectivity index (χ3v) is 5.71. The van der Waals surface area contributed by atoms with Crippen LogP contribution in [0.5, 0.6) is 0 Å². The molecule has 1 amide bonds. The molecular formula is C24H14BrClN2O2. The van der Waals surface area contributed by atoms with E-state index in [9.17, 15) is 4.79 Å². The van der Waals surface area contributed by atoms with Crippen LogP contribution in [0.1, 0.15) is 10.4 Å². The first kappa shape index (κ1) is 18.9. The Balaban J connectivity index is 1.50. The molecule has 0 spiro atoms. The summed E-state index contributed by atoms with van der Waals surface area (Å²) in [4.78, 5) is 17.1. The third-order valence-electron chi connectivity index (χ3n) is 4.85. The van der Waals surface area contributed by atoms with E-state index in [1.807, 2.05) is 48.5 Å². The second-order valence-corrected chi connectivity index (χ2v) is 8.13. The van der Waals surface area contributed by atoms with Crippen molar-refractivity contribution in [2.45, 2.75) is 0 Å². The molecule has 1 aromatic heterocycles. The molecule has 30 heavy (non-hydrogen) atoms. The van der Waals surface area contributed by atoms with Crippen LogP contribution in [0.3, 0.4) is 0 Å². The monoisotopic (exact) mass is 476 g/mol. The molecule has 0 bridgehead atoms. The van der Waals surface area contributed by atoms with Crippen LogP contribution in [0, 0.1) is 0 Å². The van der Waals surface area contributed by atoms with Crippen LogP contribution in [-0.4, -0.2) is 10.9 Å². The molecule has 0 aliphatic heterocycles. The van der Waals surface area contributed by atoms with Crippen LogP contribution >= 0.6 is 27.5 Å². The van der Waals surface area contributed by atoms with E-state index in [4.69, 9.17) is 16.0 Å². The number of hydrogen-bond acceptors (Lipinski definition) is 3. The van der Waals surface area contributed by atoms with Gasteiger partial charge in [-0.2, -0.15) is 0 Å². The number of hydrogen-bond donors (Lipinski definition) is 1. The Hall–Kier alpha value is -3.15. The summed E-state index contributed by atoms with van der Waals surface area (Å²) in [5.41, 5.74) is 3.40. The highest BCUT2D eigenvalue weighted by molar-refractivity contribution is 9.10. The van der Waals surface area contributed by atoms with Crippen molar-refractivity contribution in [2.24, 2.45) is 0 Å². The van der Waals surface area contributed by atoms with Gasteiger partial charge in [0.15, 0.2) is 5.58 Å². The van der Waals surface area contributed by atoms with Crippen molar-refractivity contribution in [3.05, 3.63) is 93.9 Å². The lowest BCUT2D eigenvalue weighted by atomic mass is 10.0. The van der Waals surface area contributed by atoms with Crippen molar-refractivity contribution in [2.75, 3.05) is 5.32 Å². The highest BCUT2D eigenvalue weighted by Gasteiger charge is 2.13. The average Bonchev–Trinajstić information content (AvgIpc) is 3.17. The number of benzene rings is 4. The van der Waals surface area contributed by atoms with Crippen LogP contribution in [-0.2, 0) is 0 Å². The van der Waals surface area contributed by atoms with Gasteiger partial charge in [0.2, 0.25) is 5.89 Å². The Morgan fingerprint density at radius 3 is 2.53 bits per heavy atom. The van der Waals surface area contributed by atoms with Gasteiger partial charge in [-0.05, 0) is 60.0 Å². The largest absolute Gasteiger partial charge is 0.436 e. The van der Waals surface area contributed by atoms with Gasteiger partial charge in [-0.15, -0.1) is 0 Å². The zero-order valence-corrected chi connectivity index (χ0v) is 17.9. The lowest BCUT2D eigenvalue weighted by molar-refractivity contribution is 0.102. The van der Waals surface area contributed by atoms with Crippen LogP contribution in [0.25, 0.3) is 33.3 Å². The van der Waals surface area contributed by atoms with Gasteiger partial charge in [0.25, 0.3) is 5.91 Å². The number of rotatable bonds is 3. The summed E-state index contributed by atoms with van der Waals surface area (Å²) in [7, 11) is 0. The van der Waals surface area contributed by atoms with Gasteiger partial charge < -0.3 is 9.73 Å². The lowest BCUT2D eigenvalue weighted by Gasteiger charge is -2.05. The van der Waals surface area contributed by atoms with Crippen LogP contribution in [0.2, 0.25) is 5.02 Å². The van der Waals surface area contributed by atoms with Crippen molar-refractivity contribution in [3.63, 3.8) is 0 Å². The van der Waals surface area contributed by atoms with E-state index in [1.54, 1.807) is 30.3 Å². The Labute approximate surface area is 185 Å². The fourth-order valence-electron chi connectivity index (χ4n) is 3.38. The summed E-state index contributed by atoms with van der Waals surface area (Å²) in [6.07, 6.45) is 0. The van der Waals surface area contributed by atoms with E-state index < -0.39 is 0 Å². The number of nitrogens with one attached hydrogen (secondary N) is 1. The minimum Gasteiger partial charge on any atom is -0.436 e. The number of fused-ring (bicyclic) bond motifs is 2.